The highest BCUT2D eigenvalue weighted by atomic mass is 32.1. The van der Waals surface area contributed by atoms with Crippen molar-refractivity contribution in [1.29, 1.82) is 0 Å². The Kier molecular flexibility index (Phi) is 6.08. The van der Waals surface area contributed by atoms with Crippen LogP contribution in [0.2, 0.25) is 0 Å². The molecule has 4 rings (SSSR count). The van der Waals surface area contributed by atoms with Crippen LogP contribution in [0.3, 0.4) is 0 Å². The Bertz CT molecular complexity index is 1200. The van der Waals surface area contributed by atoms with Gasteiger partial charge in [0.15, 0.2) is 5.13 Å². The molecule has 7 nitrogen and oxygen atoms in total. The number of anilines is 1. The van der Waals surface area contributed by atoms with Gasteiger partial charge in [0.05, 0.1) is 29.2 Å². The molecular weight excluding hydrogens is 412 g/mol. The highest BCUT2D eigenvalue weighted by Gasteiger charge is 2.22. The lowest BCUT2D eigenvalue weighted by Crippen LogP contribution is -2.32. The second-order valence-electron chi connectivity index (χ2n) is 7.10. The Morgan fingerprint density at radius 2 is 1.90 bits per heavy atom. The number of aryl methyl sites for hydroxylation is 2. The number of rotatable bonds is 7. The fraction of sp³-hybridized carbons (Fsp3) is 0.217. The molecule has 0 fully saturated rings. The monoisotopic (exact) mass is 434 g/mol. The molecule has 0 saturated carbocycles. The van der Waals surface area contributed by atoms with Crippen molar-refractivity contribution in [3.05, 3.63) is 77.9 Å². The Morgan fingerprint density at radius 3 is 2.58 bits per heavy atom. The van der Waals surface area contributed by atoms with Crippen molar-refractivity contribution in [2.24, 2.45) is 0 Å². The van der Waals surface area contributed by atoms with Crippen molar-refractivity contribution in [3.63, 3.8) is 0 Å². The quantitative estimate of drug-likeness (QED) is 0.405. The van der Waals surface area contributed by atoms with Crippen molar-refractivity contribution >= 4 is 38.6 Å². The molecule has 4 aromatic rings. The maximum absolute atomic E-state index is 13.4. The molecule has 0 N–H and O–H groups in total. The molecule has 2 heterocycles. The fourth-order valence-electron chi connectivity index (χ4n) is 3.33. The predicted molar refractivity (Wildman–Crippen MR) is 121 cm³/mol. The summed E-state index contributed by atoms with van der Waals surface area (Å²) < 4.78 is 7.76. The van der Waals surface area contributed by atoms with Crippen molar-refractivity contribution in [2.75, 3.05) is 18.6 Å². The first-order valence-corrected chi connectivity index (χ1v) is 10.7. The SMILES string of the molecule is COC(=O)c1ccc(C(=O)N(CCCn2ccnc2)c2nc3c(C)cccc3s2)cc1. The van der Waals surface area contributed by atoms with Gasteiger partial charge in [0, 0.05) is 31.0 Å². The number of carbonyl (C=O) groups is 2. The van der Waals surface area contributed by atoms with E-state index in [1.54, 1.807) is 41.7 Å². The van der Waals surface area contributed by atoms with Gasteiger partial charge in [-0.2, -0.15) is 0 Å². The summed E-state index contributed by atoms with van der Waals surface area (Å²) in [5.41, 5.74) is 2.89. The van der Waals surface area contributed by atoms with Crippen LogP contribution in [0.25, 0.3) is 10.2 Å². The molecule has 1 amide bonds. The number of imidazole rings is 1. The molecule has 0 bridgehead atoms. The summed E-state index contributed by atoms with van der Waals surface area (Å²) in [5, 5.41) is 0.664. The van der Waals surface area contributed by atoms with Gasteiger partial charge in [0.1, 0.15) is 0 Å². The van der Waals surface area contributed by atoms with Crippen LogP contribution in [0.5, 0.6) is 0 Å². The smallest absolute Gasteiger partial charge is 0.337 e. The van der Waals surface area contributed by atoms with E-state index in [-0.39, 0.29) is 5.91 Å². The van der Waals surface area contributed by atoms with Gasteiger partial charge in [-0.05, 0) is 49.2 Å². The maximum atomic E-state index is 13.4. The van der Waals surface area contributed by atoms with Crippen LogP contribution in [-0.2, 0) is 11.3 Å². The minimum atomic E-state index is -0.433. The summed E-state index contributed by atoms with van der Waals surface area (Å²) in [5.74, 6) is -0.586. The number of amides is 1. The molecule has 31 heavy (non-hydrogen) atoms. The zero-order valence-electron chi connectivity index (χ0n) is 17.3. The van der Waals surface area contributed by atoms with Crippen molar-refractivity contribution < 1.29 is 14.3 Å². The number of benzene rings is 2. The molecule has 8 heteroatoms. The average Bonchev–Trinajstić information content (AvgIpc) is 3.46. The number of para-hydroxylation sites is 1. The van der Waals surface area contributed by atoms with Gasteiger partial charge in [0.2, 0.25) is 0 Å². The summed E-state index contributed by atoms with van der Waals surface area (Å²) in [7, 11) is 1.33. The van der Waals surface area contributed by atoms with E-state index in [9.17, 15) is 9.59 Å². The fourth-order valence-corrected chi connectivity index (χ4v) is 4.39. The molecular formula is C23H22N4O3S. The van der Waals surface area contributed by atoms with Crippen LogP contribution >= 0.6 is 11.3 Å². The molecule has 0 aliphatic rings. The summed E-state index contributed by atoms with van der Waals surface area (Å²) in [6, 6.07) is 12.5. The zero-order chi connectivity index (χ0) is 21.8. The van der Waals surface area contributed by atoms with Crippen molar-refractivity contribution in [2.45, 2.75) is 19.9 Å². The van der Waals surface area contributed by atoms with Crippen LogP contribution in [0.1, 0.15) is 32.7 Å². The van der Waals surface area contributed by atoms with E-state index >= 15 is 0 Å². The largest absolute Gasteiger partial charge is 0.465 e. The number of fused-ring (bicyclic) bond motifs is 1. The molecule has 2 aromatic heterocycles. The summed E-state index contributed by atoms with van der Waals surface area (Å²) in [6.07, 6.45) is 6.15. The lowest BCUT2D eigenvalue weighted by atomic mass is 10.1. The summed E-state index contributed by atoms with van der Waals surface area (Å²) in [6.45, 7) is 3.27. The van der Waals surface area contributed by atoms with Gasteiger partial charge in [0.25, 0.3) is 5.91 Å². The van der Waals surface area contributed by atoms with Crippen LogP contribution in [-0.4, -0.2) is 40.1 Å². The van der Waals surface area contributed by atoms with Gasteiger partial charge in [-0.25, -0.2) is 14.8 Å². The van der Waals surface area contributed by atoms with Crippen LogP contribution in [0.4, 0.5) is 5.13 Å². The first-order valence-electron chi connectivity index (χ1n) is 9.89. The second-order valence-corrected chi connectivity index (χ2v) is 8.11. The summed E-state index contributed by atoms with van der Waals surface area (Å²) in [4.78, 5) is 35.7. The third kappa shape index (κ3) is 4.49. The minimum Gasteiger partial charge on any atom is -0.465 e. The zero-order valence-corrected chi connectivity index (χ0v) is 18.1. The molecule has 0 saturated heterocycles. The molecule has 158 valence electrons. The Morgan fingerprint density at radius 1 is 1.13 bits per heavy atom. The molecule has 0 radical (unpaired) electrons. The van der Waals surface area contributed by atoms with Gasteiger partial charge < -0.3 is 9.30 Å². The number of aromatic nitrogens is 3. The number of hydrogen-bond acceptors (Lipinski definition) is 6. The van der Waals surface area contributed by atoms with E-state index in [4.69, 9.17) is 9.72 Å². The molecule has 0 aliphatic heterocycles. The standard InChI is InChI=1S/C23H22N4O3S/c1-16-5-3-6-19-20(16)25-23(31-19)27(13-4-12-26-14-11-24-15-26)21(28)17-7-9-18(10-8-17)22(29)30-2/h3,5-11,14-15H,4,12-13H2,1-2H3. The molecule has 0 unspecified atom stereocenters. The number of ether oxygens (including phenoxy) is 1. The average molecular weight is 435 g/mol. The lowest BCUT2D eigenvalue weighted by Gasteiger charge is -2.20. The van der Waals surface area contributed by atoms with Crippen molar-refractivity contribution in [1.82, 2.24) is 14.5 Å². The number of nitrogens with zero attached hydrogens (tertiary/aromatic N) is 4. The van der Waals surface area contributed by atoms with Gasteiger partial charge in [-0.1, -0.05) is 23.5 Å². The van der Waals surface area contributed by atoms with Gasteiger partial charge in [-0.3, -0.25) is 9.69 Å². The number of methoxy groups -OCH3 is 1. The maximum Gasteiger partial charge on any atom is 0.337 e. The Balaban J connectivity index is 1.62. The summed E-state index contributed by atoms with van der Waals surface area (Å²) >= 11 is 1.50. The van der Waals surface area contributed by atoms with Crippen molar-refractivity contribution in [3.8, 4) is 0 Å². The minimum absolute atomic E-state index is 0.154. The molecule has 0 spiro atoms. The van der Waals surface area contributed by atoms with E-state index in [2.05, 4.69) is 4.98 Å². The van der Waals surface area contributed by atoms with Crippen LogP contribution < -0.4 is 4.90 Å². The molecule has 0 atom stereocenters. The van der Waals surface area contributed by atoms with E-state index in [0.717, 1.165) is 28.7 Å². The van der Waals surface area contributed by atoms with Crippen LogP contribution in [0, 0.1) is 6.92 Å². The van der Waals surface area contributed by atoms with E-state index in [1.165, 1.54) is 18.4 Å². The highest BCUT2D eigenvalue weighted by molar-refractivity contribution is 7.22. The molecule has 2 aromatic carbocycles. The number of carbonyl (C=O) groups excluding carboxylic acids is 2. The number of thiazole rings is 1. The normalized spacial score (nSPS) is 10.9. The lowest BCUT2D eigenvalue weighted by molar-refractivity contribution is 0.0600. The number of esters is 1. The van der Waals surface area contributed by atoms with Crippen LogP contribution in [0.15, 0.2) is 61.2 Å². The van der Waals surface area contributed by atoms with E-state index in [0.29, 0.717) is 22.8 Å². The van der Waals surface area contributed by atoms with Gasteiger partial charge in [-0.15, -0.1) is 0 Å². The Hall–Kier alpha value is -3.52. The van der Waals surface area contributed by atoms with E-state index < -0.39 is 5.97 Å². The molecule has 0 aliphatic carbocycles. The number of hydrogen-bond donors (Lipinski definition) is 0. The Labute approximate surface area is 183 Å². The third-order valence-corrected chi connectivity index (χ3v) is 6.04. The highest BCUT2D eigenvalue weighted by Crippen LogP contribution is 2.31. The van der Waals surface area contributed by atoms with Gasteiger partial charge >= 0.3 is 5.97 Å². The topological polar surface area (TPSA) is 77.3 Å². The third-order valence-electron chi connectivity index (χ3n) is 5.00. The second kappa shape index (κ2) is 9.09. The predicted octanol–water partition coefficient (Wildman–Crippen LogP) is 4.32. The van der Waals surface area contributed by atoms with E-state index in [1.807, 2.05) is 35.9 Å². The first-order chi connectivity index (χ1) is 15.1. The first kappa shape index (κ1) is 20.7.